The van der Waals surface area contributed by atoms with Crippen LogP contribution in [-0.4, -0.2) is 101 Å². The number of aromatic nitrogens is 1. The van der Waals surface area contributed by atoms with Crippen molar-refractivity contribution in [3.63, 3.8) is 0 Å². The molecule has 350 valence electrons. The number of hydrogen-bond donors (Lipinski definition) is 7. The number of nitrogens with one attached hydrogen (secondary N) is 7. The predicted molar refractivity (Wildman–Crippen MR) is 251 cm³/mol. The number of hydrogen-bond acceptors (Lipinski definition) is 7. The second-order valence-corrected chi connectivity index (χ2v) is 18.3. The first-order valence-corrected chi connectivity index (χ1v) is 23.6. The van der Waals surface area contributed by atoms with Crippen LogP contribution in [0.3, 0.4) is 0 Å². The zero-order valence-corrected chi connectivity index (χ0v) is 38.0. The third kappa shape index (κ3) is 12.6. The van der Waals surface area contributed by atoms with Crippen LogP contribution >= 0.6 is 0 Å². The molecule has 4 aromatic rings. The molecular weight excluding hydrogens is 837 g/mol. The summed E-state index contributed by atoms with van der Waals surface area (Å²) in [6.07, 6.45) is 8.75. The van der Waals surface area contributed by atoms with E-state index in [9.17, 15) is 33.6 Å². The van der Waals surface area contributed by atoms with E-state index in [0.29, 0.717) is 19.3 Å². The Morgan fingerprint density at radius 2 is 1.38 bits per heavy atom. The number of benzene rings is 3. The van der Waals surface area contributed by atoms with Crippen molar-refractivity contribution in [2.75, 3.05) is 13.1 Å². The number of aryl methyl sites for hydroxylation is 1. The molecule has 6 atom stereocenters. The molecular formula is C51H64N8O7. The highest BCUT2D eigenvalue weighted by atomic mass is 16.2. The zero-order valence-electron chi connectivity index (χ0n) is 38.0. The molecule has 0 bridgehead atoms. The molecule has 2 saturated heterocycles. The average molecular weight is 901 g/mol. The van der Waals surface area contributed by atoms with Gasteiger partial charge >= 0.3 is 0 Å². The van der Waals surface area contributed by atoms with Crippen LogP contribution in [-0.2, 0) is 52.8 Å². The van der Waals surface area contributed by atoms with Crippen molar-refractivity contribution >= 4 is 52.3 Å². The molecule has 1 aliphatic carbocycles. The summed E-state index contributed by atoms with van der Waals surface area (Å²) in [7, 11) is 0. The zero-order chi connectivity index (χ0) is 46.6. The van der Waals surface area contributed by atoms with Crippen LogP contribution in [0.1, 0.15) is 93.4 Å². The minimum Gasteiger partial charge on any atom is -0.361 e. The van der Waals surface area contributed by atoms with E-state index in [1.807, 2.05) is 92.0 Å². The van der Waals surface area contributed by atoms with E-state index in [0.717, 1.165) is 65.3 Å². The molecule has 0 unspecified atom stereocenters. The summed E-state index contributed by atoms with van der Waals surface area (Å²) in [4.78, 5) is 104. The number of carbonyl (C=O) groups is 7. The molecule has 2 aliphatic heterocycles. The Bertz CT molecular complexity index is 2340. The first-order valence-electron chi connectivity index (χ1n) is 23.6. The Labute approximate surface area is 386 Å². The van der Waals surface area contributed by atoms with Gasteiger partial charge in [-0.15, -0.1) is 0 Å². The molecule has 3 fully saturated rings. The van der Waals surface area contributed by atoms with Crippen LogP contribution in [0, 0.1) is 12.8 Å². The molecule has 15 heteroatoms. The van der Waals surface area contributed by atoms with Crippen LogP contribution in [0.5, 0.6) is 0 Å². The maximum Gasteiger partial charge on any atom is 0.245 e. The van der Waals surface area contributed by atoms with Crippen molar-refractivity contribution in [1.82, 2.24) is 41.8 Å². The summed E-state index contributed by atoms with van der Waals surface area (Å²) in [6.45, 7) is 3.64. The van der Waals surface area contributed by atoms with Gasteiger partial charge in [-0.05, 0) is 67.7 Å². The smallest absolute Gasteiger partial charge is 0.245 e. The van der Waals surface area contributed by atoms with E-state index in [4.69, 9.17) is 0 Å². The number of carbonyl (C=O) groups excluding carboxylic acids is 7. The third-order valence-electron chi connectivity index (χ3n) is 13.3. The topological polar surface area (TPSA) is 211 Å². The quantitative estimate of drug-likeness (QED) is 0.118. The summed E-state index contributed by atoms with van der Waals surface area (Å²) in [5.74, 6) is -3.30. The first-order chi connectivity index (χ1) is 31.9. The highest BCUT2D eigenvalue weighted by Crippen LogP contribution is 2.28. The molecule has 15 nitrogen and oxygen atoms in total. The summed E-state index contributed by atoms with van der Waals surface area (Å²) in [5, 5.41) is 18.5. The minimum atomic E-state index is -1.12. The molecule has 3 aliphatic rings. The number of H-pyrrole nitrogens is 1. The normalized spacial score (nSPS) is 23.3. The highest BCUT2D eigenvalue weighted by Gasteiger charge is 2.40. The predicted octanol–water partition coefficient (Wildman–Crippen LogP) is 3.82. The van der Waals surface area contributed by atoms with Crippen molar-refractivity contribution in [1.29, 1.82) is 0 Å². The van der Waals surface area contributed by atoms with Crippen molar-refractivity contribution < 1.29 is 33.6 Å². The molecule has 1 aromatic heterocycles. The Hall–Kier alpha value is -6.51. The van der Waals surface area contributed by atoms with Crippen LogP contribution in [0.25, 0.3) is 10.9 Å². The number of rotatable bonds is 11. The average Bonchev–Trinajstić information content (AvgIpc) is 3.98. The molecule has 3 aromatic carbocycles. The number of nitrogens with zero attached hydrogens (tertiary/aromatic N) is 1. The molecule has 7 N–H and O–H groups in total. The van der Waals surface area contributed by atoms with E-state index in [2.05, 4.69) is 36.9 Å². The SMILES string of the molecule is CC(=O)N[C@@H](Cc1ccccc1)C(=O)N[C@H]1CCCNC(=O)[C@H](Cc2ccc(C)cc2)NC(=O)[C@H](Cc2c[nH]c3ccccc23)NC(=O)[C@@H](CC2CCCCC2)NC(=O)[C@@H]2CCCN2C1=O. The lowest BCUT2D eigenvalue weighted by molar-refractivity contribution is -0.142. The van der Waals surface area contributed by atoms with Gasteiger partial charge in [0, 0.05) is 56.4 Å². The van der Waals surface area contributed by atoms with Gasteiger partial charge in [0.1, 0.15) is 36.3 Å². The van der Waals surface area contributed by atoms with Gasteiger partial charge in [0.2, 0.25) is 41.4 Å². The fraction of sp³-hybridized carbons (Fsp3) is 0.471. The molecule has 1 saturated carbocycles. The largest absolute Gasteiger partial charge is 0.361 e. The van der Waals surface area contributed by atoms with Crippen molar-refractivity contribution in [3.8, 4) is 0 Å². The van der Waals surface area contributed by atoms with E-state index in [1.165, 1.54) is 11.8 Å². The van der Waals surface area contributed by atoms with Crippen LogP contribution in [0.15, 0.2) is 85.1 Å². The monoisotopic (exact) mass is 900 g/mol. The summed E-state index contributed by atoms with van der Waals surface area (Å²) in [6, 6.07) is 18.4. The van der Waals surface area contributed by atoms with Gasteiger partial charge in [0.05, 0.1) is 0 Å². The molecule has 0 radical (unpaired) electrons. The van der Waals surface area contributed by atoms with Gasteiger partial charge < -0.3 is 41.8 Å². The van der Waals surface area contributed by atoms with Crippen LogP contribution in [0.4, 0.5) is 0 Å². The van der Waals surface area contributed by atoms with Crippen LogP contribution < -0.4 is 31.9 Å². The maximum atomic E-state index is 14.7. The Morgan fingerprint density at radius 3 is 2.12 bits per heavy atom. The third-order valence-corrected chi connectivity index (χ3v) is 13.3. The Kier molecular flexibility index (Phi) is 16.2. The second kappa shape index (κ2) is 22.6. The van der Waals surface area contributed by atoms with E-state index < -0.39 is 77.6 Å². The minimum absolute atomic E-state index is 0.0974. The number of aromatic amines is 1. The molecule has 66 heavy (non-hydrogen) atoms. The summed E-state index contributed by atoms with van der Waals surface area (Å²) >= 11 is 0. The number of amides is 7. The van der Waals surface area contributed by atoms with Crippen LogP contribution in [0.2, 0.25) is 0 Å². The van der Waals surface area contributed by atoms with Crippen molar-refractivity contribution in [3.05, 3.63) is 107 Å². The highest BCUT2D eigenvalue weighted by molar-refractivity contribution is 5.98. The Morgan fingerprint density at radius 1 is 0.697 bits per heavy atom. The van der Waals surface area contributed by atoms with Crippen molar-refractivity contribution in [2.45, 2.75) is 134 Å². The lowest BCUT2D eigenvalue weighted by atomic mass is 9.84. The fourth-order valence-corrected chi connectivity index (χ4v) is 9.68. The van der Waals surface area contributed by atoms with Gasteiger partial charge in [-0.3, -0.25) is 33.6 Å². The molecule has 7 amide bonds. The molecule has 0 spiro atoms. The standard InChI is InChI=1S/C51H64N8O7/c1-32-21-23-36(24-22-32)29-41-46(61)52-25-11-19-40(55-47(62)42(54-33(2)60)27-34-13-5-3-6-14-34)51(66)59-26-12-20-45(59)50(65)58-43(28-35-15-7-4-8-16-35)48(63)57-44(49(64)56-41)30-37-31-53-39-18-10-9-17-38(37)39/h3,5-6,9-10,13-14,17-18,21-24,31,35,40-45,53H,4,7-8,11-12,15-16,19-20,25-30H2,1-2H3,(H,52,61)(H,54,60)(H,55,62)(H,56,64)(H,57,63)(H,58,65)/t40-,41-,42-,43+,44-,45-/m0/s1. The van der Waals surface area contributed by atoms with Crippen molar-refractivity contribution in [2.24, 2.45) is 5.92 Å². The molecule has 7 rings (SSSR count). The molecule has 3 heterocycles. The summed E-state index contributed by atoms with van der Waals surface area (Å²) in [5.41, 5.74) is 4.33. The number of para-hydroxylation sites is 1. The Balaban J connectivity index is 1.20. The van der Waals surface area contributed by atoms with Gasteiger partial charge in [-0.25, -0.2) is 0 Å². The lowest BCUT2D eigenvalue weighted by Crippen LogP contribution is -2.60. The maximum absolute atomic E-state index is 14.7. The van der Waals surface area contributed by atoms with Gasteiger partial charge in [0.25, 0.3) is 0 Å². The van der Waals surface area contributed by atoms with E-state index >= 15 is 0 Å². The second-order valence-electron chi connectivity index (χ2n) is 18.3. The van der Waals surface area contributed by atoms with Gasteiger partial charge in [-0.1, -0.05) is 110 Å². The van der Waals surface area contributed by atoms with Gasteiger partial charge in [0.15, 0.2) is 0 Å². The van der Waals surface area contributed by atoms with E-state index in [-0.39, 0.29) is 51.1 Å². The first kappa shape index (κ1) is 47.5. The van der Waals surface area contributed by atoms with Gasteiger partial charge in [-0.2, -0.15) is 0 Å². The lowest BCUT2D eigenvalue weighted by Gasteiger charge is -2.32. The van der Waals surface area contributed by atoms with E-state index in [1.54, 1.807) is 0 Å². The summed E-state index contributed by atoms with van der Waals surface area (Å²) < 4.78 is 0. The fourth-order valence-electron chi connectivity index (χ4n) is 9.68. The number of fused-ring (bicyclic) bond motifs is 2.